The summed E-state index contributed by atoms with van der Waals surface area (Å²) in [5.74, 6) is -0.206. The van der Waals surface area contributed by atoms with Gasteiger partial charge in [0.1, 0.15) is 0 Å². The van der Waals surface area contributed by atoms with Crippen LogP contribution < -0.4 is 5.73 Å². The van der Waals surface area contributed by atoms with Gasteiger partial charge in [0.15, 0.2) is 0 Å². The number of aryl methyl sites for hydroxylation is 1. The first kappa shape index (κ1) is 15.6. The van der Waals surface area contributed by atoms with E-state index < -0.39 is 4.92 Å². The van der Waals surface area contributed by atoms with Crippen molar-refractivity contribution in [1.29, 1.82) is 0 Å². The van der Waals surface area contributed by atoms with Gasteiger partial charge in [0, 0.05) is 19.7 Å². The Labute approximate surface area is 116 Å². The van der Waals surface area contributed by atoms with Crippen LogP contribution >= 0.6 is 11.3 Å². The monoisotopic (exact) mass is 285 g/mol. The van der Waals surface area contributed by atoms with E-state index in [2.05, 4.69) is 0 Å². The maximum absolute atomic E-state index is 12.2. The maximum Gasteiger partial charge on any atom is 0.283 e. The molecule has 1 aromatic heterocycles. The van der Waals surface area contributed by atoms with Crippen molar-refractivity contribution in [1.82, 2.24) is 4.90 Å². The van der Waals surface area contributed by atoms with Crippen LogP contribution in [0.4, 0.5) is 5.69 Å². The average Bonchev–Trinajstić information content (AvgIpc) is 2.69. The lowest BCUT2D eigenvalue weighted by molar-refractivity contribution is -0.385. The van der Waals surface area contributed by atoms with Gasteiger partial charge in [-0.2, -0.15) is 0 Å². The lowest BCUT2D eigenvalue weighted by atomic mass is 9.93. The van der Waals surface area contributed by atoms with Crippen molar-refractivity contribution in [3.8, 4) is 0 Å². The topological polar surface area (TPSA) is 89.5 Å². The first-order valence-corrected chi connectivity index (χ1v) is 6.70. The van der Waals surface area contributed by atoms with Crippen molar-refractivity contribution in [2.45, 2.75) is 20.8 Å². The van der Waals surface area contributed by atoms with Crippen LogP contribution in [0.3, 0.4) is 0 Å². The van der Waals surface area contributed by atoms with Crippen LogP contribution in [0.5, 0.6) is 0 Å². The molecular formula is C12H19N3O3S. The summed E-state index contributed by atoms with van der Waals surface area (Å²) in [6, 6.07) is 1.34. The summed E-state index contributed by atoms with van der Waals surface area (Å²) >= 11 is 1.15. The van der Waals surface area contributed by atoms with Crippen LogP contribution in [-0.2, 0) is 0 Å². The lowest BCUT2D eigenvalue weighted by Crippen LogP contribution is -2.39. The highest BCUT2D eigenvalue weighted by Crippen LogP contribution is 2.29. The Kier molecular flexibility index (Phi) is 4.65. The third-order valence-corrected chi connectivity index (χ3v) is 3.89. The lowest BCUT2D eigenvalue weighted by Gasteiger charge is -2.28. The summed E-state index contributed by atoms with van der Waals surface area (Å²) in [7, 11) is 1.68. The van der Waals surface area contributed by atoms with E-state index >= 15 is 0 Å². The molecule has 7 heteroatoms. The van der Waals surface area contributed by atoms with Crippen LogP contribution in [0.1, 0.15) is 28.4 Å². The highest BCUT2D eigenvalue weighted by Gasteiger charge is 2.25. The minimum absolute atomic E-state index is 0.000153. The van der Waals surface area contributed by atoms with Gasteiger partial charge < -0.3 is 10.6 Å². The van der Waals surface area contributed by atoms with Gasteiger partial charge in [-0.25, -0.2) is 0 Å². The molecular weight excluding hydrogens is 266 g/mol. The Morgan fingerprint density at radius 2 is 2.16 bits per heavy atom. The number of rotatable bonds is 5. The predicted molar refractivity (Wildman–Crippen MR) is 75.5 cm³/mol. The number of hydrogen-bond acceptors (Lipinski definition) is 5. The van der Waals surface area contributed by atoms with Crippen LogP contribution in [-0.4, -0.2) is 35.9 Å². The second-order valence-corrected chi connectivity index (χ2v) is 6.60. The molecule has 0 aromatic carbocycles. The van der Waals surface area contributed by atoms with Crippen LogP contribution in [0.25, 0.3) is 0 Å². The number of thiophene rings is 1. The first-order chi connectivity index (χ1) is 8.68. The number of hydrogen-bond donors (Lipinski definition) is 1. The number of nitrogens with two attached hydrogens (primary N) is 1. The van der Waals surface area contributed by atoms with Gasteiger partial charge in [-0.1, -0.05) is 13.8 Å². The zero-order valence-electron chi connectivity index (χ0n) is 11.6. The van der Waals surface area contributed by atoms with Gasteiger partial charge in [-0.3, -0.25) is 14.9 Å². The molecule has 1 heterocycles. The highest BCUT2D eigenvalue weighted by molar-refractivity contribution is 7.14. The number of amides is 1. The normalized spacial score (nSPS) is 11.4. The van der Waals surface area contributed by atoms with Gasteiger partial charge in [0.25, 0.3) is 11.6 Å². The third kappa shape index (κ3) is 3.74. The van der Waals surface area contributed by atoms with Gasteiger partial charge in [-0.15, -0.1) is 11.3 Å². The summed E-state index contributed by atoms with van der Waals surface area (Å²) in [6.45, 7) is 6.56. The number of carbonyl (C=O) groups is 1. The molecule has 0 saturated heterocycles. The van der Waals surface area contributed by atoms with Crippen LogP contribution in [0.15, 0.2) is 6.07 Å². The molecule has 6 nitrogen and oxygen atoms in total. The van der Waals surface area contributed by atoms with Crippen molar-refractivity contribution >= 4 is 22.9 Å². The van der Waals surface area contributed by atoms with E-state index in [1.54, 1.807) is 18.9 Å². The fourth-order valence-corrected chi connectivity index (χ4v) is 2.71. The quantitative estimate of drug-likeness (QED) is 0.662. The standard InChI is InChI=1S/C12H19N3O3S/c1-8-9(15(17)18)5-10(19-8)11(16)14(4)7-12(2,3)6-13/h5H,6-7,13H2,1-4H3. The van der Waals surface area contributed by atoms with Crippen LogP contribution in [0.2, 0.25) is 0 Å². The van der Waals surface area contributed by atoms with Crippen molar-refractivity contribution < 1.29 is 9.72 Å². The van der Waals surface area contributed by atoms with Crippen molar-refractivity contribution in [3.63, 3.8) is 0 Å². The van der Waals surface area contributed by atoms with Gasteiger partial charge in [0.05, 0.1) is 14.7 Å². The van der Waals surface area contributed by atoms with Crippen LogP contribution in [0, 0.1) is 22.5 Å². The van der Waals surface area contributed by atoms with E-state index in [9.17, 15) is 14.9 Å². The Bertz CT molecular complexity index is 496. The Balaban J connectivity index is 2.89. The minimum atomic E-state index is -0.466. The molecule has 1 aromatic rings. The summed E-state index contributed by atoms with van der Waals surface area (Å²) in [5.41, 5.74) is 5.46. The number of nitro groups is 1. The van der Waals surface area contributed by atoms with E-state index in [0.29, 0.717) is 22.8 Å². The molecule has 19 heavy (non-hydrogen) atoms. The molecule has 0 aliphatic rings. The molecule has 1 rings (SSSR count). The second kappa shape index (κ2) is 5.66. The number of carbonyl (C=O) groups excluding carboxylic acids is 1. The molecule has 1 amide bonds. The molecule has 2 N–H and O–H groups in total. The van der Waals surface area contributed by atoms with Crippen molar-refractivity contribution in [2.24, 2.45) is 11.1 Å². The molecule has 0 bridgehead atoms. The zero-order chi connectivity index (χ0) is 14.8. The Hall–Kier alpha value is -1.47. The minimum Gasteiger partial charge on any atom is -0.340 e. The predicted octanol–water partition coefficient (Wildman–Crippen LogP) is 2.02. The van der Waals surface area contributed by atoms with Gasteiger partial charge >= 0.3 is 0 Å². The molecule has 0 atom stereocenters. The Morgan fingerprint density at radius 3 is 2.58 bits per heavy atom. The molecule has 0 spiro atoms. The molecule has 0 aliphatic carbocycles. The van der Waals surface area contributed by atoms with Crippen molar-refractivity contribution in [3.05, 3.63) is 25.9 Å². The zero-order valence-corrected chi connectivity index (χ0v) is 12.4. The van der Waals surface area contributed by atoms with E-state index in [1.165, 1.54) is 6.07 Å². The Morgan fingerprint density at radius 1 is 1.58 bits per heavy atom. The fraction of sp³-hybridized carbons (Fsp3) is 0.583. The largest absolute Gasteiger partial charge is 0.340 e. The fourth-order valence-electron chi connectivity index (χ4n) is 1.73. The van der Waals surface area contributed by atoms with Gasteiger partial charge in [0.2, 0.25) is 0 Å². The molecule has 0 fully saturated rings. The molecule has 0 saturated carbocycles. The maximum atomic E-state index is 12.2. The molecule has 0 aliphatic heterocycles. The van der Waals surface area contributed by atoms with Gasteiger partial charge in [-0.05, 0) is 18.9 Å². The van der Waals surface area contributed by atoms with E-state index in [0.717, 1.165) is 11.3 Å². The summed E-state index contributed by atoms with van der Waals surface area (Å²) in [5, 5.41) is 10.8. The molecule has 106 valence electrons. The second-order valence-electron chi connectivity index (χ2n) is 5.34. The highest BCUT2D eigenvalue weighted by atomic mass is 32.1. The van der Waals surface area contributed by atoms with E-state index in [4.69, 9.17) is 5.73 Å². The van der Waals surface area contributed by atoms with E-state index in [-0.39, 0.29) is 17.0 Å². The first-order valence-electron chi connectivity index (χ1n) is 5.88. The van der Waals surface area contributed by atoms with E-state index in [1.807, 2.05) is 13.8 Å². The molecule has 0 radical (unpaired) electrons. The summed E-state index contributed by atoms with van der Waals surface area (Å²) in [6.07, 6.45) is 0. The summed E-state index contributed by atoms with van der Waals surface area (Å²) < 4.78 is 0. The van der Waals surface area contributed by atoms with Crippen molar-refractivity contribution in [2.75, 3.05) is 20.1 Å². The SMILES string of the molecule is Cc1sc(C(=O)N(C)CC(C)(C)CN)cc1[N+](=O)[O-]. The summed E-state index contributed by atoms with van der Waals surface area (Å²) in [4.78, 5) is 25.0. The average molecular weight is 285 g/mol. The number of nitrogens with zero attached hydrogens (tertiary/aromatic N) is 2. The third-order valence-electron chi connectivity index (χ3n) is 2.86. The molecule has 0 unspecified atom stereocenters. The smallest absolute Gasteiger partial charge is 0.283 e.